The van der Waals surface area contributed by atoms with E-state index in [1.165, 1.54) is 0 Å². The summed E-state index contributed by atoms with van der Waals surface area (Å²) < 4.78 is 32.2. The van der Waals surface area contributed by atoms with E-state index in [1.807, 2.05) is 0 Å². The van der Waals surface area contributed by atoms with Gasteiger partial charge in [-0.25, -0.2) is 8.78 Å². The second-order valence-corrected chi connectivity index (χ2v) is 5.23. The third-order valence-corrected chi connectivity index (χ3v) is 3.43. The summed E-state index contributed by atoms with van der Waals surface area (Å²) in [6.07, 6.45) is 3.31. The smallest absolute Gasteiger partial charge is 0.179 e. The summed E-state index contributed by atoms with van der Waals surface area (Å²) in [5, 5.41) is 0. The SMILES string of the molecule is CN(CC(=O)c1cc(F)ccc1F)CC1CCCCO1. The molecule has 0 radical (unpaired) electrons. The summed E-state index contributed by atoms with van der Waals surface area (Å²) in [7, 11) is 1.78. The first-order chi connectivity index (χ1) is 9.56. The van der Waals surface area contributed by atoms with Gasteiger partial charge in [0.25, 0.3) is 0 Å². The van der Waals surface area contributed by atoms with E-state index in [0.29, 0.717) is 6.54 Å². The predicted molar refractivity (Wildman–Crippen MR) is 71.8 cm³/mol. The molecule has 1 aliphatic rings. The van der Waals surface area contributed by atoms with E-state index in [0.717, 1.165) is 44.1 Å². The van der Waals surface area contributed by atoms with Gasteiger partial charge in [-0.2, -0.15) is 0 Å². The highest BCUT2D eigenvalue weighted by molar-refractivity contribution is 5.97. The van der Waals surface area contributed by atoms with Gasteiger partial charge in [-0.05, 0) is 44.5 Å². The Labute approximate surface area is 117 Å². The number of halogens is 2. The molecule has 1 saturated heterocycles. The van der Waals surface area contributed by atoms with Crippen molar-refractivity contribution in [2.45, 2.75) is 25.4 Å². The molecule has 5 heteroatoms. The van der Waals surface area contributed by atoms with Gasteiger partial charge in [0, 0.05) is 13.2 Å². The Morgan fingerprint density at radius 3 is 2.90 bits per heavy atom. The van der Waals surface area contributed by atoms with Gasteiger partial charge in [0.2, 0.25) is 0 Å². The highest BCUT2D eigenvalue weighted by atomic mass is 19.1. The highest BCUT2D eigenvalue weighted by Gasteiger charge is 2.19. The lowest BCUT2D eigenvalue weighted by Crippen LogP contribution is -2.36. The molecule has 1 aliphatic heterocycles. The first-order valence-corrected chi connectivity index (χ1v) is 6.84. The van der Waals surface area contributed by atoms with Crippen molar-refractivity contribution in [3.8, 4) is 0 Å². The minimum Gasteiger partial charge on any atom is -0.377 e. The van der Waals surface area contributed by atoms with E-state index in [-0.39, 0.29) is 18.2 Å². The summed E-state index contributed by atoms with van der Waals surface area (Å²) >= 11 is 0. The Hall–Kier alpha value is -1.33. The number of rotatable bonds is 5. The quantitative estimate of drug-likeness (QED) is 0.778. The van der Waals surface area contributed by atoms with Gasteiger partial charge in [0.05, 0.1) is 18.2 Å². The molecule has 1 unspecified atom stereocenters. The standard InChI is InChI=1S/C15H19F2NO2/c1-18(9-12-4-2-3-7-20-12)10-15(19)13-8-11(16)5-6-14(13)17/h5-6,8,12H,2-4,7,9-10H2,1H3. The van der Waals surface area contributed by atoms with E-state index >= 15 is 0 Å². The molecule has 0 N–H and O–H groups in total. The Balaban J connectivity index is 1.91. The van der Waals surface area contributed by atoms with Gasteiger partial charge in [0.15, 0.2) is 5.78 Å². The zero-order valence-corrected chi connectivity index (χ0v) is 11.6. The van der Waals surface area contributed by atoms with Gasteiger partial charge in [-0.15, -0.1) is 0 Å². The molecular weight excluding hydrogens is 264 g/mol. The zero-order chi connectivity index (χ0) is 14.5. The van der Waals surface area contributed by atoms with Crippen molar-refractivity contribution in [2.75, 3.05) is 26.7 Å². The van der Waals surface area contributed by atoms with Crippen molar-refractivity contribution in [3.05, 3.63) is 35.4 Å². The Bertz CT molecular complexity index is 473. The predicted octanol–water partition coefficient (Wildman–Crippen LogP) is 2.65. The maximum atomic E-state index is 13.5. The number of ketones is 1. The molecule has 1 aromatic carbocycles. The number of carbonyl (C=O) groups excluding carboxylic acids is 1. The second-order valence-electron chi connectivity index (χ2n) is 5.23. The monoisotopic (exact) mass is 283 g/mol. The number of hydrogen-bond acceptors (Lipinski definition) is 3. The fraction of sp³-hybridized carbons (Fsp3) is 0.533. The molecule has 1 atom stereocenters. The van der Waals surface area contributed by atoms with Crippen LogP contribution in [0.15, 0.2) is 18.2 Å². The van der Waals surface area contributed by atoms with Crippen LogP contribution in [0.4, 0.5) is 8.78 Å². The van der Waals surface area contributed by atoms with Gasteiger partial charge in [-0.3, -0.25) is 9.69 Å². The van der Waals surface area contributed by atoms with Crippen LogP contribution in [0.1, 0.15) is 29.6 Å². The van der Waals surface area contributed by atoms with Crippen LogP contribution < -0.4 is 0 Å². The Kier molecular flexibility index (Phi) is 5.20. The average molecular weight is 283 g/mol. The Morgan fingerprint density at radius 1 is 1.40 bits per heavy atom. The summed E-state index contributed by atoms with van der Waals surface area (Å²) in [6.45, 7) is 1.44. The first kappa shape index (κ1) is 15.1. The molecule has 0 amide bonds. The lowest BCUT2D eigenvalue weighted by atomic mass is 10.1. The normalized spacial score (nSPS) is 19.3. The lowest BCUT2D eigenvalue weighted by Gasteiger charge is -2.27. The van der Waals surface area contributed by atoms with Crippen LogP contribution in [0.25, 0.3) is 0 Å². The molecule has 0 aromatic heterocycles. The van der Waals surface area contributed by atoms with Crippen molar-refractivity contribution in [1.29, 1.82) is 0 Å². The number of carbonyl (C=O) groups is 1. The Morgan fingerprint density at radius 2 is 2.20 bits per heavy atom. The fourth-order valence-corrected chi connectivity index (χ4v) is 2.41. The second kappa shape index (κ2) is 6.90. The van der Waals surface area contributed by atoms with Crippen molar-refractivity contribution in [1.82, 2.24) is 4.90 Å². The van der Waals surface area contributed by atoms with Crippen molar-refractivity contribution < 1.29 is 18.3 Å². The number of ether oxygens (including phenoxy) is 1. The average Bonchev–Trinajstić information content (AvgIpc) is 2.42. The molecule has 20 heavy (non-hydrogen) atoms. The minimum absolute atomic E-state index is 0.0558. The largest absolute Gasteiger partial charge is 0.377 e. The summed E-state index contributed by atoms with van der Waals surface area (Å²) in [5.74, 6) is -1.70. The molecule has 0 aliphatic carbocycles. The van der Waals surface area contributed by atoms with E-state index in [9.17, 15) is 13.6 Å². The van der Waals surface area contributed by atoms with Crippen LogP contribution in [0, 0.1) is 11.6 Å². The summed E-state index contributed by atoms with van der Waals surface area (Å²) in [4.78, 5) is 13.8. The maximum absolute atomic E-state index is 13.5. The van der Waals surface area contributed by atoms with Crippen LogP contribution in [0.3, 0.4) is 0 Å². The van der Waals surface area contributed by atoms with Crippen LogP contribution in [-0.2, 0) is 4.74 Å². The molecule has 1 fully saturated rings. The molecule has 2 rings (SSSR count). The maximum Gasteiger partial charge on any atom is 0.179 e. The van der Waals surface area contributed by atoms with Crippen molar-refractivity contribution in [2.24, 2.45) is 0 Å². The number of benzene rings is 1. The minimum atomic E-state index is -0.682. The molecule has 1 heterocycles. The van der Waals surface area contributed by atoms with Crippen LogP contribution in [0.2, 0.25) is 0 Å². The van der Waals surface area contributed by atoms with E-state index < -0.39 is 17.4 Å². The third-order valence-electron chi connectivity index (χ3n) is 3.43. The van der Waals surface area contributed by atoms with Gasteiger partial charge >= 0.3 is 0 Å². The summed E-state index contributed by atoms with van der Waals surface area (Å²) in [6, 6.07) is 2.93. The van der Waals surface area contributed by atoms with Crippen LogP contribution >= 0.6 is 0 Å². The molecule has 0 spiro atoms. The van der Waals surface area contributed by atoms with E-state index in [1.54, 1.807) is 11.9 Å². The third kappa shape index (κ3) is 4.08. The molecular formula is C15H19F2NO2. The molecule has 0 saturated carbocycles. The lowest BCUT2D eigenvalue weighted by molar-refractivity contribution is -0.000684. The van der Waals surface area contributed by atoms with Crippen molar-refractivity contribution >= 4 is 5.78 Å². The van der Waals surface area contributed by atoms with Gasteiger partial charge in [-0.1, -0.05) is 0 Å². The number of hydrogen-bond donors (Lipinski definition) is 0. The fourth-order valence-electron chi connectivity index (χ4n) is 2.41. The molecule has 110 valence electrons. The first-order valence-electron chi connectivity index (χ1n) is 6.84. The van der Waals surface area contributed by atoms with Gasteiger partial charge in [0.1, 0.15) is 11.6 Å². The van der Waals surface area contributed by atoms with E-state index in [4.69, 9.17) is 4.74 Å². The number of Topliss-reactive ketones (excluding diaryl/α,β-unsaturated/α-hetero) is 1. The van der Waals surface area contributed by atoms with E-state index in [2.05, 4.69) is 0 Å². The number of nitrogens with zero attached hydrogens (tertiary/aromatic N) is 1. The molecule has 3 nitrogen and oxygen atoms in total. The topological polar surface area (TPSA) is 29.5 Å². The zero-order valence-electron chi connectivity index (χ0n) is 11.6. The van der Waals surface area contributed by atoms with Crippen molar-refractivity contribution in [3.63, 3.8) is 0 Å². The van der Waals surface area contributed by atoms with Crippen LogP contribution in [-0.4, -0.2) is 43.5 Å². The molecule has 1 aromatic rings. The van der Waals surface area contributed by atoms with Gasteiger partial charge < -0.3 is 4.74 Å². The number of likely N-dealkylation sites (N-methyl/N-ethyl adjacent to an activating group) is 1. The molecule has 0 bridgehead atoms. The van der Waals surface area contributed by atoms with Crippen LogP contribution in [0.5, 0.6) is 0 Å². The summed E-state index contributed by atoms with van der Waals surface area (Å²) in [5.41, 5.74) is -0.193. The highest BCUT2D eigenvalue weighted by Crippen LogP contribution is 2.14.